The Labute approximate surface area is 154 Å². The molecule has 1 N–H and O–H groups in total. The summed E-state index contributed by atoms with van der Waals surface area (Å²) in [4.78, 5) is 16.3. The van der Waals surface area contributed by atoms with E-state index in [1.54, 1.807) is 18.2 Å². The second kappa shape index (κ2) is 7.81. The Morgan fingerprint density at radius 1 is 1.26 bits per heavy atom. The Kier molecular flexibility index (Phi) is 5.10. The molecule has 2 aromatic carbocycles. The summed E-state index contributed by atoms with van der Waals surface area (Å²) in [5.41, 5.74) is 4.55. The zero-order valence-electron chi connectivity index (χ0n) is 14.3. The number of nitriles is 2. The maximum absolute atomic E-state index is 11.9. The van der Waals surface area contributed by atoms with Gasteiger partial charge in [0.05, 0.1) is 12.7 Å². The quantitative estimate of drug-likeness (QED) is 0.422. The number of anilines is 1. The molecular formula is C19H13N5O3. The van der Waals surface area contributed by atoms with Gasteiger partial charge in [-0.25, -0.2) is 9.78 Å². The average Bonchev–Trinajstić information content (AvgIpc) is 3.11. The van der Waals surface area contributed by atoms with Gasteiger partial charge >= 0.3 is 5.97 Å². The smallest absolute Gasteiger partial charge is 0.338 e. The van der Waals surface area contributed by atoms with Crippen molar-refractivity contribution in [1.82, 2.24) is 4.98 Å². The minimum absolute atomic E-state index is 0.234. The van der Waals surface area contributed by atoms with Gasteiger partial charge in [0.15, 0.2) is 11.5 Å². The lowest BCUT2D eigenvalue weighted by Crippen LogP contribution is -2.03. The van der Waals surface area contributed by atoms with Crippen LogP contribution in [0.1, 0.15) is 21.8 Å². The van der Waals surface area contributed by atoms with Crippen LogP contribution < -0.4 is 5.43 Å². The van der Waals surface area contributed by atoms with Crippen molar-refractivity contribution in [3.8, 4) is 12.1 Å². The van der Waals surface area contributed by atoms with Crippen LogP contribution in [0.4, 0.5) is 5.69 Å². The molecule has 0 radical (unpaired) electrons. The van der Waals surface area contributed by atoms with Crippen molar-refractivity contribution in [3.63, 3.8) is 0 Å². The first-order valence-electron chi connectivity index (χ1n) is 7.84. The van der Waals surface area contributed by atoms with Crippen molar-refractivity contribution in [2.24, 2.45) is 5.10 Å². The third-order valence-corrected chi connectivity index (χ3v) is 3.65. The first-order valence-corrected chi connectivity index (χ1v) is 7.84. The predicted octanol–water partition coefficient (Wildman–Crippen LogP) is 3.02. The molecule has 0 saturated heterocycles. The highest BCUT2D eigenvalue weighted by molar-refractivity contribution is 6.10. The summed E-state index contributed by atoms with van der Waals surface area (Å²) in [6, 6.07) is 15.9. The largest absolute Gasteiger partial charge is 0.465 e. The van der Waals surface area contributed by atoms with Gasteiger partial charge in [-0.3, -0.25) is 5.43 Å². The van der Waals surface area contributed by atoms with E-state index in [1.165, 1.54) is 13.2 Å². The molecule has 0 spiro atoms. The molecular weight excluding hydrogens is 346 g/mol. The monoisotopic (exact) mass is 359 g/mol. The number of hydrogen-bond donors (Lipinski definition) is 1. The molecule has 1 heterocycles. The molecule has 0 aliphatic carbocycles. The molecule has 0 aliphatic heterocycles. The average molecular weight is 359 g/mol. The number of nitrogens with zero attached hydrogens (tertiary/aromatic N) is 4. The lowest BCUT2D eigenvalue weighted by atomic mass is 10.1. The van der Waals surface area contributed by atoms with E-state index in [-0.39, 0.29) is 11.3 Å². The SMILES string of the molecule is COC(=O)c1cc(NN=C(C#N)C#N)c2oc(Cc3ccccc3)nc2c1. The highest BCUT2D eigenvalue weighted by Crippen LogP contribution is 2.28. The second-order valence-electron chi connectivity index (χ2n) is 5.43. The van der Waals surface area contributed by atoms with Gasteiger partial charge in [0.25, 0.3) is 0 Å². The zero-order chi connectivity index (χ0) is 19.2. The number of ether oxygens (including phenoxy) is 1. The summed E-state index contributed by atoms with van der Waals surface area (Å²) in [6.45, 7) is 0. The molecule has 8 nitrogen and oxygen atoms in total. The molecule has 0 unspecified atom stereocenters. The Morgan fingerprint density at radius 3 is 2.67 bits per heavy atom. The first-order chi connectivity index (χ1) is 13.1. The van der Waals surface area contributed by atoms with Gasteiger partial charge in [-0.15, -0.1) is 0 Å². The van der Waals surface area contributed by atoms with E-state index in [4.69, 9.17) is 19.7 Å². The Balaban J connectivity index is 2.05. The van der Waals surface area contributed by atoms with E-state index in [0.717, 1.165) is 5.56 Å². The normalized spacial score (nSPS) is 9.89. The number of esters is 1. The van der Waals surface area contributed by atoms with E-state index in [1.807, 2.05) is 30.3 Å². The van der Waals surface area contributed by atoms with E-state index < -0.39 is 5.97 Å². The summed E-state index contributed by atoms with van der Waals surface area (Å²) in [7, 11) is 1.27. The van der Waals surface area contributed by atoms with Gasteiger partial charge in [0.1, 0.15) is 23.3 Å². The van der Waals surface area contributed by atoms with Crippen LogP contribution >= 0.6 is 0 Å². The van der Waals surface area contributed by atoms with E-state index in [0.29, 0.717) is 29.1 Å². The molecule has 0 amide bonds. The molecule has 27 heavy (non-hydrogen) atoms. The number of hydrazone groups is 1. The number of hydrogen-bond acceptors (Lipinski definition) is 8. The van der Waals surface area contributed by atoms with Gasteiger partial charge in [-0.2, -0.15) is 15.6 Å². The topological polar surface area (TPSA) is 124 Å². The van der Waals surface area contributed by atoms with Gasteiger partial charge in [0.2, 0.25) is 5.71 Å². The number of aromatic nitrogens is 1. The van der Waals surface area contributed by atoms with Crippen molar-refractivity contribution < 1.29 is 13.9 Å². The number of nitrogens with one attached hydrogen (secondary N) is 1. The minimum Gasteiger partial charge on any atom is -0.465 e. The van der Waals surface area contributed by atoms with E-state index >= 15 is 0 Å². The number of carbonyl (C=O) groups excluding carboxylic acids is 1. The summed E-state index contributed by atoms with van der Waals surface area (Å²) in [5.74, 6) is -0.108. The van der Waals surface area contributed by atoms with Crippen molar-refractivity contribution in [1.29, 1.82) is 10.5 Å². The van der Waals surface area contributed by atoms with E-state index in [9.17, 15) is 4.79 Å². The van der Waals surface area contributed by atoms with Gasteiger partial charge in [-0.05, 0) is 17.7 Å². The fraction of sp³-hybridized carbons (Fsp3) is 0.105. The molecule has 1 aromatic heterocycles. The Morgan fingerprint density at radius 2 is 2.00 bits per heavy atom. The first kappa shape index (κ1) is 17.6. The number of benzene rings is 2. The third kappa shape index (κ3) is 3.91. The highest BCUT2D eigenvalue weighted by atomic mass is 16.5. The number of carbonyl (C=O) groups is 1. The van der Waals surface area contributed by atoms with Crippen LogP contribution in [0.15, 0.2) is 52.0 Å². The van der Waals surface area contributed by atoms with Crippen LogP contribution in [0.3, 0.4) is 0 Å². The second-order valence-corrected chi connectivity index (χ2v) is 5.43. The maximum Gasteiger partial charge on any atom is 0.338 e. The fourth-order valence-electron chi connectivity index (χ4n) is 2.43. The zero-order valence-corrected chi connectivity index (χ0v) is 14.3. The van der Waals surface area contributed by atoms with Crippen LogP contribution in [0.5, 0.6) is 0 Å². The van der Waals surface area contributed by atoms with Crippen LogP contribution in [-0.2, 0) is 11.2 Å². The van der Waals surface area contributed by atoms with Crippen LogP contribution in [0, 0.1) is 22.7 Å². The molecule has 132 valence electrons. The highest BCUT2D eigenvalue weighted by Gasteiger charge is 2.16. The summed E-state index contributed by atoms with van der Waals surface area (Å²) in [5, 5.41) is 21.3. The van der Waals surface area contributed by atoms with E-state index in [2.05, 4.69) is 15.5 Å². The fourth-order valence-corrected chi connectivity index (χ4v) is 2.43. The molecule has 3 aromatic rings. The molecule has 8 heteroatoms. The third-order valence-electron chi connectivity index (χ3n) is 3.65. The molecule has 3 rings (SSSR count). The van der Waals surface area contributed by atoms with Gasteiger partial charge < -0.3 is 9.15 Å². The van der Waals surface area contributed by atoms with Crippen molar-refractivity contribution in [2.75, 3.05) is 12.5 Å². The standard InChI is InChI=1S/C19H13N5O3/c1-26-19(25)13-8-15-18(16(9-13)24-23-14(10-20)11-21)27-17(22-15)7-12-5-3-2-4-6-12/h2-6,8-9,24H,7H2,1H3. The van der Waals surface area contributed by atoms with Crippen molar-refractivity contribution in [3.05, 3.63) is 59.5 Å². The van der Waals surface area contributed by atoms with Crippen molar-refractivity contribution >= 4 is 28.5 Å². The number of methoxy groups -OCH3 is 1. The summed E-state index contributed by atoms with van der Waals surface area (Å²) < 4.78 is 10.6. The summed E-state index contributed by atoms with van der Waals surface area (Å²) >= 11 is 0. The maximum atomic E-state index is 11.9. The van der Waals surface area contributed by atoms with Crippen LogP contribution in [-0.4, -0.2) is 23.8 Å². The molecule has 0 bridgehead atoms. The summed E-state index contributed by atoms with van der Waals surface area (Å²) in [6.07, 6.45) is 0.466. The lowest BCUT2D eigenvalue weighted by Gasteiger charge is -2.04. The Hall–Kier alpha value is -4.17. The molecule has 0 atom stereocenters. The van der Waals surface area contributed by atoms with Crippen LogP contribution in [0.25, 0.3) is 11.1 Å². The Bertz CT molecular complexity index is 1090. The lowest BCUT2D eigenvalue weighted by molar-refractivity contribution is 0.0601. The van der Waals surface area contributed by atoms with Crippen LogP contribution in [0.2, 0.25) is 0 Å². The molecule has 0 aliphatic rings. The number of oxazole rings is 1. The minimum atomic E-state index is -0.558. The predicted molar refractivity (Wildman–Crippen MR) is 96.9 cm³/mol. The molecule has 0 fully saturated rings. The van der Waals surface area contributed by atoms with Crippen molar-refractivity contribution in [2.45, 2.75) is 6.42 Å². The number of fused-ring (bicyclic) bond motifs is 1. The van der Waals surface area contributed by atoms with Gasteiger partial charge in [-0.1, -0.05) is 30.3 Å². The van der Waals surface area contributed by atoms with Gasteiger partial charge in [0, 0.05) is 6.42 Å². The number of rotatable bonds is 5. The molecule has 0 saturated carbocycles.